The number of hydrogen-bond donors (Lipinski definition) is 0. The van der Waals surface area contributed by atoms with Gasteiger partial charge >= 0.3 is 0 Å². The van der Waals surface area contributed by atoms with E-state index in [-0.39, 0.29) is 0 Å². The van der Waals surface area contributed by atoms with Gasteiger partial charge in [0.25, 0.3) is 0 Å². The topological polar surface area (TPSA) is 44.2 Å². The molecule has 0 N–H and O–H groups in total. The van der Waals surface area contributed by atoms with Gasteiger partial charge in [-0.2, -0.15) is 0 Å². The fourth-order valence-corrected chi connectivity index (χ4v) is 6.12. The van der Waals surface area contributed by atoms with E-state index in [1.54, 1.807) is 7.11 Å². The van der Waals surface area contributed by atoms with Crippen molar-refractivity contribution >= 4 is 21.8 Å². The van der Waals surface area contributed by atoms with Crippen molar-refractivity contribution in [1.82, 2.24) is 9.97 Å². The Hall–Kier alpha value is -6.26. The monoisotopic (exact) mass is 606 g/mol. The van der Waals surface area contributed by atoms with Crippen LogP contribution in [0.25, 0.3) is 66.6 Å². The van der Waals surface area contributed by atoms with Crippen molar-refractivity contribution < 1.29 is 9.47 Å². The van der Waals surface area contributed by atoms with E-state index in [0.29, 0.717) is 11.5 Å². The maximum atomic E-state index is 6.85. The third-order valence-electron chi connectivity index (χ3n) is 8.44. The summed E-state index contributed by atoms with van der Waals surface area (Å²) in [5.74, 6) is 2.19. The van der Waals surface area contributed by atoms with Gasteiger partial charge in [-0.25, -0.2) is 9.97 Å². The Bertz CT molecular complexity index is 2330. The van der Waals surface area contributed by atoms with Gasteiger partial charge in [0, 0.05) is 27.5 Å². The zero-order valence-corrected chi connectivity index (χ0v) is 25.8. The van der Waals surface area contributed by atoms with E-state index >= 15 is 0 Å². The highest BCUT2D eigenvalue weighted by Gasteiger charge is 2.20. The molecule has 4 heteroatoms. The van der Waals surface area contributed by atoms with Crippen LogP contribution < -0.4 is 9.47 Å². The molecule has 8 aromatic rings. The molecule has 2 heterocycles. The molecular weight excluding hydrogens is 576 g/mol. The van der Waals surface area contributed by atoms with Crippen molar-refractivity contribution in [2.75, 3.05) is 7.11 Å². The highest BCUT2D eigenvalue weighted by Crippen LogP contribution is 2.45. The van der Waals surface area contributed by atoms with Crippen molar-refractivity contribution in [2.24, 2.45) is 0 Å². The van der Waals surface area contributed by atoms with E-state index in [1.807, 2.05) is 72.8 Å². The first kappa shape index (κ1) is 28.2. The van der Waals surface area contributed by atoms with Gasteiger partial charge in [0.05, 0.1) is 23.8 Å². The molecule has 4 nitrogen and oxygen atoms in total. The number of pyridine rings is 2. The molecule has 0 aliphatic heterocycles. The molecule has 0 radical (unpaired) electrons. The Labute approximate surface area is 273 Å². The molecular formula is C43H30N2O2. The molecule has 0 aliphatic carbocycles. The first-order chi connectivity index (χ1) is 23.2. The number of ether oxygens (including phenoxy) is 2. The average Bonchev–Trinajstić information content (AvgIpc) is 3.15. The number of aromatic nitrogens is 2. The largest absolute Gasteiger partial charge is 0.497 e. The van der Waals surface area contributed by atoms with Crippen LogP contribution in [0.4, 0.5) is 0 Å². The molecule has 0 unspecified atom stereocenters. The second-order valence-electron chi connectivity index (χ2n) is 11.3. The first-order valence-electron chi connectivity index (χ1n) is 15.6. The van der Waals surface area contributed by atoms with Crippen LogP contribution in [0.1, 0.15) is 0 Å². The lowest BCUT2D eigenvalue weighted by Gasteiger charge is -2.19. The molecule has 0 amide bonds. The molecule has 6 aromatic carbocycles. The summed E-state index contributed by atoms with van der Waals surface area (Å²) in [4.78, 5) is 10.2. The van der Waals surface area contributed by atoms with Crippen LogP contribution in [0, 0.1) is 0 Å². The van der Waals surface area contributed by atoms with Crippen LogP contribution in [0.2, 0.25) is 0 Å². The van der Waals surface area contributed by atoms with Crippen LogP contribution in [-0.2, 0) is 0 Å². The number of hydrogen-bond acceptors (Lipinski definition) is 4. The molecule has 0 aliphatic rings. The SMILES string of the molecule is COc1ccc(-c2nc3ccccc3c(-c3ccccc3)c2Oc2ccc(-c3cc(-c4ccccc4)c4ccccc4n3)cc2)cc1. The number of rotatable bonds is 7. The van der Waals surface area contributed by atoms with Crippen molar-refractivity contribution in [3.8, 4) is 62.0 Å². The fourth-order valence-electron chi connectivity index (χ4n) is 6.12. The van der Waals surface area contributed by atoms with E-state index in [1.165, 1.54) is 0 Å². The van der Waals surface area contributed by atoms with E-state index in [2.05, 4.69) is 91.0 Å². The van der Waals surface area contributed by atoms with Crippen molar-refractivity contribution in [1.29, 1.82) is 0 Å². The Morgan fingerprint density at radius 2 is 1.00 bits per heavy atom. The number of para-hydroxylation sites is 2. The summed E-state index contributed by atoms with van der Waals surface area (Å²) in [5, 5.41) is 2.15. The van der Waals surface area contributed by atoms with E-state index in [0.717, 1.165) is 72.3 Å². The van der Waals surface area contributed by atoms with Gasteiger partial charge in [0.2, 0.25) is 0 Å². The first-order valence-corrected chi connectivity index (χ1v) is 15.6. The van der Waals surface area contributed by atoms with Gasteiger partial charge in [0.1, 0.15) is 17.2 Å². The number of fused-ring (bicyclic) bond motifs is 2. The summed E-state index contributed by atoms with van der Waals surface area (Å²) < 4.78 is 12.3. The van der Waals surface area contributed by atoms with Gasteiger partial charge in [-0.3, -0.25) is 0 Å². The molecule has 0 saturated carbocycles. The Balaban J connectivity index is 1.25. The quantitative estimate of drug-likeness (QED) is 0.181. The maximum absolute atomic E-state index is 6.85. The molecule has 0 atom stereocenters. The van der Waals surface area contributed by atoms with Crippen LogP contribution >= 0.6 is 0 Å². The molecule has 0 bridgehead atoms. The number of benzene rings is 6. The summed E-state index contributed by atoms with van der Waals surface area (Å²) in [7, 11) is 1.67. The molecule has 224 valence electrons. The highest BCUT2D eigenvalue weighted by atomic mass is 16.5. The van der Waals surface area contributed by atoms with E-state index in [4.69, 9.17) is 19.4 Å². The summed E-state index contributed by atoms with van der Waals surface area (Å²) in [6.07, 6.45) is 0. The van der Waals surface area contributed by atoms with Crippen LogP contribution in [0.5, 0.6) is 17.2 Å². The van der Waals surface area contributed by atoms with Crippen LogP contribution in [0.3, 0.4) is 0 Å². The van der Waals surface area contributed by atoms with Crippen LogP contribution in [0.15, 0.2) is 164 Å². The summed E-state index contributed by atoms with van der Waals surface area (Å²) in [5.41, 5.74) is 9.85. The fraction of sp³-hybridized carbons (Fsp3) is 0.0233. The highest BCUT2D eigenvalue weighted by molar-refractivity contribution is 6.01. The molecule has 47 heavy (non-hydrogen) atoms. The molecule has 0 spiro atoms. The minimum Gasteiger partial charge on any atom is -0.497 e. The third kappa shape index (κ3) is 5.47. The van der Waals surface area contributed by atoms with E-state index < -0.39 is 0 Å². The van der Waals surface area contributed by atoms with Gasteiger partial charge in [-0.1, -0.05) is 97.1 Å². The van der Waals surface area contributed by atoms with E-state index in [9.17, 15) is 0 Å². The predicted octanol–water partition coefficient (Wildman–Crippen LogP) is 11.3. The van der Waals surface area contributed by atoms with Gasteiger partial charge in [-0.05, 0) is 83.4 Å². The zero-order chi connectivity index (χ0) is 31.6. The molecule has 8 rings (SSSR count). The minimum absolute atomic E-state index is 0.697. The summed E-state index contributed by atoms with van der Waals surface area (Å²) in [6.45, 7) is 0. The normalized spacial score (nSPS) is 11.1. The molecule has 0 saturated heterocycles. The Morgan fingerprint density at radius 1 is 0.447 bits per heavy atom. The Morgan fingerprint density at radius 3 is 1.68 bits per heavy atom. The number of methoxy groups -OCH3 is 1. The van der Waals surface area contributed by atoms with Gasteiger partial charge in [-0.15, -0.1) is 0 Å². The van der Waals surface area contributed by atoms with Crippen molar-refractivity contribution in [3.63, 3.8) is 0 Å². The van der Waals surface area contributed by atoms with Crippen molar-refractivity contribution in [3.05, 3.63) is 164 Å². The van der Waals surface area contributed by atoms with Gasteiger partial charge in [0.15, 0.2) is 5.75 Å². The standard InChI is InChI=1S/C43H30N2O2/c1-46-33-24-22-32(23-25-33)42-43(41(31-14-6-3-7-15-31)36-17-9-11-19-39(36)45-42)47-34-26-20-30(21-27-34)40-28-37(29-12-4-2-5-13-29)35-16-8-10-18-38(35)44-40/h2-28H,1H3. The predicted molar refractivity (Wildman–Crippen MR) is 192 cm³/mol. The zero-order valence-electron chi connectivity index (χ0n) is 25.8. The Kier molecular flexibility index (Phi) is 7.37. The lowest BCUT2D eigenvalue weighted by atomic mass is 9.96. The lowest BCUT2D eigenvalue weighted by Crippen LogP contribution is -1.97. The third-order valence-corrected chi connectivity index (χ3v) is 8.44. The second kappa shape index (κ2) is 12.3. The summed E-state index contributed by atoms with van der Waals surface area (Å²) >= 11 is 0. The lowest BCUT2D eigenvalue weighted by molar-refractivity contribution is 0.415. The minimum atomic E-state index is 0.697. The van der Waals surface area contributed by atoms with Crippen LogP contribution in [-0.4, -0.2) is 17.1 Å². The van der Waals surface area contributed by atoms with Crippen molar-refractivity contribution in [2.45, 2.75) is 0 Å². The van der Waals surface area contributed by atoms with Gasteiger partial charge < -0.3 is 9.47 Å². The summed E-state index contributed by atoms with van der Waals surface area (Å²) in [6, 6.07) is 55.7. The average molecular weight is 607 g/mol. The maximum Gasteiger partial charge on any atom is 0.162 e. The smallest absolute Gasteiger partial charge is 0.162 e. The second-order valence-corrected chi connectivity index (χ2v) is 11.3. The molecule has 2 aromatic heterocycles. The molecule has 0 fully saturated rings. The number of nitrogens with zero attached hydrogens (tertiary/aromatic N) is 2.